The van der Waals surface area contributed by atoms with E-state index in [1.807, 2.05) is 0 Å². The molecule has 2 aromatic heterocycles. The number of fused-ring (bicyclic) bond motifs is 1. The highest BCUT2D eigenvalue weighted by Gasteiger charge is 2.16. The van der Waals surface area contributed by atoms with Crippen LogP contribution in [-0.2, 0) is 27.5 Å². The summed E-state index contributed by atoms with van der Waals surface area (Å²) in [5.41, 5.74) is 6.11. The predicted molar refractivity (Wildman–Crippen MR) is 131 cm³/mol. The van der Waals surface area contributed by atoms with Crippen LogP contribution in [0.15, 0.2) is 66.6 Å². The van der Waals surface area contributed by atoms with E-state index in [9.17, 15) is 19.2 Å². The molecule has 4 N–H and O–H groups in total. The normalized spacial score (nSPS) is 10.8. The van der Waals surface area contributed by atoms with E-state index in [0.29, 0.717) is 17.1 Å². The molecule has 0 atom stereocenters. The lowest BCUT2D eigenvalue weighted by Crippen LogP contribution is -2.23. The van der Waals surface area contributed by atoms with Crippen LogP contribution < -0.4 is 21.6 Å². The van der Waals surface area contributed by atoms with E-state index in [4.69, 9.17) is 29.5 Å². The number of carbonyl (C=O) groups excluding carboxylic acids is 3. The number of nitrogen functional groups attached to an aromatic ring is 1. The van der Waals surface area contributed by atoms with Crippen molar-refractivity contribution in [2.24, 2.45) is 5.73 Å². The van der Waals surface area contributed by atoms with Crippen molar-refractivity contribution in [3.8, 4) is 5.75 Å². The lowest BCUT2D eigenvalue weighted by atomic mass is 10.1. The van der Waals surface area contributed by atoms with Crippen LogP contribution in [-0.4, -0.2) is 23.7 Å². The number of amidine groups is 1. The number of hydrogen-bond acceptors (Lipinski definition) is 10. The second-order valence-electron chi connectivity index (χ2n) is 8.16. The highest BCUT2D eigenvalue weighted by Crippen LogP contribution is 2.23. The Morgan fingerprint density at radius 2 is 1.74 bits per heavy atom. The van der Waals surface area contributed by atoms with Gasteiger partial charge in [0, 0.05) is 12.0 Å². The SMILES string of the molecule is Cc1oc(=O)oc1COC(=O)CCC(=O)NCc1ccc(C(=O)Oc2ccc3cc(C(=N)N)ccc3c2)o1. The molecule has 2 heterocycles. The van der Waals surface area contributed by atoms with Crippen LogP contribution in [0.5, 0.6) is 5.75 Å². The molecule has 0 saturated carbocycles. The van der Waals surface area contributed by atoms with E-state index < -0.39 is 23.7 Å². The molecular weight excluding hydrogens is 498 g/mol. The molecule has 38 heavy (non-hydrogen) atoms. The number of rotatable bonds is 10. The zero-order valence-corrected chi connectivity index (χ0v) is 20.2. The van der Waals surface area contributed by atoms with E-state index in [1.54, 1.807) is 36.4 Å². The number of nitrogens with one attached hydrogen (secondary N) is 2. The lowest BCUT2D eigenvalue weighted by Gasteiger charge is -2.06. The molecule has 0 fully saturated rings. The smallest absolute Gasteiger partial charge is 0.457 e. The van der Waals surface area contributed by atoms with E-state index in [0.717, 1.165) is 10.8 Å². The first-order chi connectivity index (χ1) is 18.2. The fourth-order valence-corrected chi connectivity index (χ4v) is 3.41. The van der Waals surface area contributed by atoms with Gasteiger partial charge in [-0.25, -0.2) is 9.59 Å². The minimum Gasteiger partial charge on any atom is -0.457 e. The summed E-state index contributed by atoms with van der Waals surface area (Å²) < 4.78 is 25.2. The first-order valence-electron chi connectivity index (χ1n) is 11.4. The van der Waals surface area contributed by atoms with Gasteiger partial charge in [-0.1, -0.05) is 18.2 Å². The van der Waals surface area contributed by atoms with Crippen LogP contribution in [0, 0.1) is 12.3 Å². The number of hydrogen-bond donors (Lipinski definition) is 3. The number of ether oxygens (including phenoxy) is 2. The van der Waals surface area contributed by atoms with E-state index in [2.05, 4.69) is 9.73 Å². The third-order valence-electron chi connectivity index (χ3n) is 5.41. The van der Waals surface area contributed by atoms with Gasteiger partial charge in [0.1, 0.15) is 17.3 Å². The standard InChI is InChI=1S/C26H23N3O9/c1-14-21(38-26(33)35-14)13-34-23(31)9-8-22(30)29-12-19-6-7-20(36-19)25(32)37-18-5-4-15-10-17(24(27)28)3-2-16(15)11-18/h2-7,10-11H,8-9,12-13H2,1H3,(H3,27,28)(H,29,30). The number of benzene rings is 2. The molecule has 0 aliphatic heterocycles. The fraction of sp³-hybridized carbons (Fsp3) is 0.192. The summed E-state index contributed by atoms with van der Waals surface area (Å²) >= 11 is 0. The van der Waals surface area contributed by atoms with E-state index in [1.165, 1.54) is 19.1 Å². The van der Waals surface area contributed by atoms with Gasteiger partial charge < -0.3 is 33.8 Å². The molecule has 4 rings (SSSR count). The number of esters is 2. The van der Waals surface area contributed by atoms with Gasteiger partial charge in [0.2, 0.25) is 11.7 Å². The number of amides is 1. The molecule has 0 radical (unpaired) electrons. The summed E-state index contributed by atoms with van der Waals surface area (Å²) in [5.74, 6) is -1.84. The molecule has 0 bridgehead atoms. The molecular formula is C26H23N3O9. The summed E-state index contributed by atoms with van der Waals surface area (Å²) in [6, 6.07) is 13.2. The summed E-state index contributed by atoms with van der Waals surface area (Å²) in [7, 11) is 0. The van der Waals surface area contributed by atoms with Gasteiger partial charge in [-0.2, -0.15) is 0 Å². The average Bonchev–Trinajstić information content (AvgIpc) is 3.50. The minimum atomic E-state index is -0.888. The molecule has 0 unspecified atom stereocenters. The van der Waals surface area contributed by atoms with E-state index >= 15 is 0 Å². The van der Waals surface area contributed by atoms with Crippen molar-refractivity contribution in [3.05, 3.63) is 87.8 Å². The van der Waals surface area contributed by atoms with Crippen molar-refractivity contribution in [1.29, 1.82) is 5.41 Å². The Hall–Kier alpha value is -5.13. The van der Waals surface area contributed by atoms with Crippen molar-refractivity contribution >= 4 is 34.5 Å². The molecule has 0 aliphatic carbocycles. The highest BCUT2D eigenvalue weighted by molar-refractivity contribution is 5.99. The molecule has 0 saturated heterocycles. The van der Waals surface area contributed by atoms with E-state index in [-0.39, 0.29) is 49.1 Å². The summed E-state index contributed by atoms with van der Waals surface area (Å²) in [6.07, 6.45) is -0.330. The van der Waals surface area contributed by atoms with Gasteiger partial charge in [0.05, 0.1) is 13.0 Å². The second-order valence-corrected chi connectivity index (χ2v) is 8.16. The summed E-state index contributed by atoms with van der Waals surface area (Å²) in [4.78, 5) is 47.3. The van der Waals surface area contributed by atoms with Crippen LogP contribution in [0.25, 0.3) is 10.8 Å². The zero-order valence-electron chi connectivity index (χ0n) is 20.2. The summed E-state index contributed by atoms with van der Waals surface area (Å²) in [6.45, 7) is 1.22. The monoisotopic (exact) mass is 521 g/mol. The zero-order chi connectivity index (χ0) is 27.2. The van der Waals surface area contributed by atoms with Crippen molar-refractivity contribution in [2.45, 2.75) is 32.9 Å². The van der Waals surface area contributed by atoms with Crippen LogP contribution in [0.3, 0.4) is 0 Å². The Morgan fingerprint density at radius 1 is 0.974 bits per heavy atom. The van der Waals surface area contributed by atoms with Gasteiger partial charge >= 0.3 is 17.8 Å². The van der Waals surface area contributed by atoms with Crippen molar-refractivity contribution in [1.82, 2.24) is 5.32 Å². The molecule has 12 heteroatoms. The minimum absolute atomic E-state index is 0.00497. The quantitative estimate of drug-likeness (QED) is 0.121. The molecule has 12 nitrogen and oxygen atoms in total. The number of carbonyl (C=O) groups is 3. The van der Waals surface area contributed by atoms with Gasteiger partial charge in [-0.3, -0.25) is 15.0 Å². The van der Waals surface area contributed by atoms with Crippen molar-refractivity contribution < 1.29 is 37.1 Å². The maximum Gasteiger partial charge on any atom is 0.519 e. The molecule has 196 valence electrons. The Morgan fingerprint density at radius 3 is 2.47 bits per heavy atom. The van der Waals surface area contributed by atoms with Gasteiger partial charge in [-0.15, -0.1) is 0 Å². The van der Waals surface area contributed by atoms with Crippen LogP contribution >= 0.6 is 0 Å². The van der Waals surface area contributed by atoms with Crippen molar-refractivity contribution in [2.75, 3.05) is 0 Å². The Kier molecular flexibility index (Phi) is 7.71. The third-order valence-corrected chi connectivity index (χ3v) is 5.41. The van der Waals surface area contributed by atoms with Crippen LogP contribution in [0.4, 0.5) is 0 Å². The Balaban J connectivity index is 1.22. The number of aryl methyl sites for hydroxylation is 1. The second kappa shape index (κ2) is 11.3. The molecule has 0 aliphatic rings. The van der Waals surface area contributed by atoms with Crippen molar-refractivity contribution in [3.63, 3.8) is 0 Å². The fourth-order valence-electron chi connectivity index (χ4n) is 3.41. The average molecular weight is 521 g/mol. The topological polar surface area (TPSA) is 188 Å². The van der Waals surface area contributed by atoms with Gasteiger partial charge in [0.25, 0.3) is 0 Å². The van der Waals surface area contributed by atoms with Gasteiger partial charge in [-0.05, 0) is 48.0 Å². The van der Waals surface area contributed by atoms with Crippen LogP contribution in [0.1, 0.15) is 46.2 Å². The first-order valence-corrected chi connectivity index (χ1v) is 11.4. The molecule has 4 aromatic rings. The number of nitrogens with two attached hydrogens (primary N) is 1. The lowest BCUT2D eigenvalue weighted by molar-refractivity contribution is -0.146. The Bertz CT molecular complexity index is 1580. The molecule has 0 spiro atoms. The van der Waals surface area contributed by atoms with Crippen LogP contribution in [0.2, 0.25) is 0 Å². The Labute approximate surface area is 214 Å². The number of furan rings is 1. The summed E-state index contributed by atoms with van der Waals surface area (Å²) in [5, 5.41) is 11.7. The third kappa shape index (κ3) is 6.55. The maximum atomic E-state index is 12.5. The molecule has 2 aromatic carbocycles. The largest absolute Gasteiger partial charge is 0.519 e. The molecule has 1 amide bonds. The maximum absolute atomic E-state index is 12.5. The first kappa shape index (κ1) is 25.9. The predicted octanol–water partition coefficient (Wildman–Crippen LogP) is 2.93. The van der Waals surface area contributed by atoms with Gasteiger partial charge in [0.15, 0.2) is 18.1 Å². The highest BCUT2D eigenvalue weighted by atomic mass is 16.6.